The Labute approximate surface area is 85.2 Å². The number of aryl methyl sites for hydroxylation is 1. The van der Waals surface area contributed by atoms with Crippen molar-refractivity contribution in [3.8, 4) is 0 Å². The maximum atomic E-state index is 4.20. The summed E-state index contributed by atoms with van der Waals surface area (Å²) in [5.74, 6) is 0.721. The van der Waals surface area contributed by atoms with Crippen molar-refractivity contribution in [2.75, 3.05) is 25.5 Å². The van der Waals surface area contributed by atoms with Crippen LogP contribution in [-0.4, -0.2) is 30.1 Å². The molecule has 1 heterocycles. The summed E-state index contributed by atoms with van der Waals surface area (Å²) in [7, 11) is 1.95. The van der Waals surface area contributed by atoms with Crippen molar-refractivity contribution in [2.24, 2.45) is 0 Å². The van der Waals surface area contributed by atoms with Crippen molar-refractivity contribution in [1.29, 1.82) is 0 Å². The molecule has 4 nitrogen and oxygen atoms in total. The van der Waals surface area contributed by atoms with Crippen molar-refractivity contribution in [3.05, 3.63) is 18.0 Å². The van der Waals surface area contributed by atoms with Gasteiger partial charge in [0.2, 0.25) is 5.95 Å². The molecule has 0 amide bonds. The molecule has 0 spiro atoms. The van der Waals surface area contributed by atoms with E-state index in [1.807, 2.05) is 19.4 Å². The fourth-order valence-corrected chi connectivity index (χ4v) is 1.09. The Hall–Kier alpha value is -1.16. The Morgan fingerprint density at radius 1 is 1.21 bits per heavy atom. The summed E-state index contributed by atoms with van der Waals surface area (Å²) in [5.41, 5.74) is 1.17. The van der Waals surface area contributed by atoms with Crippen molar-refractivity contribution in [3.63, 3.8) is 0 Å². The van der Waals surface area contributed by atoms with E-state index in [4.69, 9.17) is 0 Å². The number of hydrogen-bond acceptors (Lipinski definition) is 4. The summed E-state index contributed by atoms with van der Waals surface area (Å²) in [6.07, 6.45) is 5.80. The first-order chi connectivity index (χ1) is 6.86. The van der Waals surface area contributed by atoms with Gasteiger partial charge in [-0.05, 0) is 32.0 Å². The van der Waals surface area contributed by atoms with Crippen LogP contribution in [0.25, 0.3) is 0 Å². The van der Waals surface area contributed by atoms with Crippen LogP contribution in [0, 0.1) is 0 Å². The Morgan fingerprint density at radius 3 is 2.50 bits per heavy atom. The van der Waals surface area contributed by atoms with E-state index in [9.17, 15) is 0 Å². The number of nitrogens with one attached hydrogen (secondary N) is 2. The first kappa shape index (κ1) is 10.9. The highest BCUT2D eigenvalue weighted by Gasteiger charge is 1.94. The van der Waals surface area contributed by atoms with Crippen LogP contribution >= 0.6 is 0 Å². The van der Waals surface area contributed by atoms with Gasteiger partial charge in [-0.25, -0.2) is 9.97 Å². The standard InChI is InChI=1S/C10H18N4/c1-3-9-7-13-10(14-8-9)12-6-4-5-11-2/h7-8,11H,3-6H2,1-2H3,(H,12,13,14). The zero-order valence-corrected chi connectivity index (χ0v) is 8.88. The highest BCUT2D eigenvalue weighted by Crippen LogP contribution is 2.00. The molecule has 14 heavy (non-hydrogen) atoms. The lowest BCUT2D eigenvalue weighted by Crippen LogP contribution is -2.13. The molecule has 0 aliphatic heterocycles. The third-order valence-corrected chi connectivity index (χ3v) is 2.00. The highest BCUT2D eigenvalue weighted by atomic mass is 15.1. The summed E-state index contributed by atoms with van der Waals surface area (Å²) in [4.78, 5) is 8.41. The number of nitrogens with zero attached hydrogens (tertiary/aromatic N) is 2. The van der Waals surface area contributed by atoms with Crippen molar-refractivity contribution in [2.45, 2.75) is 19.8 Å². The smallest absolute Gasteiger partial charge is 0.222 e. The third kappa shape index (κ3) is 3.70. The molecule has 0 aliphatic rings. The van der Waals surface area contributed by atoms with Crippen molar-refractivity contribution < 1.29 is 0 Å². The second-order valence-electron chi connectivity index (χ2n) is 3.15. The van der Waals surface area contributed by atoms with E-state index in [1.165, 1.54) is 5.56 Å². The maximum Gasteiger partial charge on any atom is 0.222 e. The molecule has 0 unspecified atom stereocenters. The summed E-state index contributed by atoms with van der Waals surface area (Å²) < 4.78 is 0. The van der Waals surface area contributed by atoms with Gasteiger partial charge in [0, 0.05) is 18.9 Å². The van der Waals surface area contributed by atoms with E-state index in [2.05, 4.69) is 27.5 Å². The van der Waals surface area contributed by atoms with Gasteiger partial charge in [0.05, 0.1) is 0 Å². The molecule has 0 aliphatic carbocycles. The predicted octanol–water partition coefficient (Wildman–Crippen LogP) is 1.06. The van der Waals surface area contributed by atoms with E-state index < -0.39 is 0 Å². The maximum absolute atomic E-state index is 4.20. The number of rotatable bonds is 6. The summed E-state index contributed by atoms with van der Waals surface area (Å²) in [6, 6.07) is 0. The topological polar surface area (TPSA) is 49.8 Å². The average molecular weight is 194 g/mol. The zero-order chi connectivity index (χ0) is 10.2. The van der Waals surface area contributed by atoms with Gasteiger partial charge in [0.15, 0.2) is 0 Å². The third-order valence-electron chi connectivity index (χ3n) is 2.00. The minimum Gasteiger partial charge on any atom is -0.354 e. The van der Waals surface area contributed by atoms with Crippen LogP contribution in [0.3, 0.4) is 0 Å². The quantitative estimate of drug-likeness (QED) is 0.665. The monoisotopic (exact) mass is 194 g/mol. The first-order valence-corrected chi connectivity index (χ1v) is 5.06. The predicted molar refractivity (Wildman–Crippen MR) is 58.4 cm³/mol. The molecule has 0 saturated carbocycles. The molecule has 0 saturated heterocycles. The lowest BCUT2D eigenvalue weighted by Gasteiger charge is -2.04. The molecule has 0 atom stereocenters. The van der Waals surface area contributed by atoms with E-state index in [0.29, 0.717) is 0 Å². The molecular formula is C10H18N4. The lowest BCUT2D eigenvalue weighted by molar-refractivity contribution is 0.745. The van der Waals surface area contributed by atoms with Crippen molar-refractivity contribution in [1.82, 2.24) is 15.3 Å². The fraction of sp³-hybridized carbons (Fsp3) is 0.600. The number of anilines is 1. The van der Waals surface area contributed by atoms with E-state index in [1.54, 1.807) is 0 Å². The van der Waals surface area contributed by atoms with Gasteiger partial charge in [-0.3, -0.25) is 0 Å². The van der Waals surface area contributed by atoms with Crippen LogP contribution in [0.5, 0.6) is 0 Å². The SMILES string of the molecule is CCc1cnc(NCCCNC)nc1. The lowest BCUT2D eigenvalue weighted by atomic mass is 10.3. The molecule has 0 fully saturated rings. The summed E-state index contributed by atoms with van der Waals surface area (Å²) in [5, 5.41) is 6.26. The molecule has 1 aromatic rings. The van der Waals surface area contributed by atoms with Gasteiger partial charge in [-0.15, -0.1) is 0 Å². The second-order valence-corrected chi connectivity index (χ2v) is 3.15. The van der Waals surface area contributed by atoms with Gasteiger partial charge in [-0.2, -0.15) is 0 Å². The van der Waals surface area contributed by atoms with Gasteiger partial charge in [0.1, 0.15) is 0 Å². The van der Waals surface area contributed by atoms with Gasteiger partial charge in [-0.1, -0.05) is 6.92 Å². The number of aromatic nitrogens is 2. The van der Waals surface area contributed by atoms with Crippen LogP contribution in [0.1, 0.15) is 18.9 Å². The minimum atomic E-state index is 0.721. The largest absolute Gasteiger partial charge is 0.354 e. The van der Waals surface area contributed by atoms with Gasteiger partial charge < -0.3 is 10.6 Å². The van der Waals surface area contributed by atoms with Gasteiger partial charge in [0.25, 0.3) is 0 Å². The molecule has 0 bridgehead atoms. The summed E-state index contributed by atoms with van der Waals surface area (Å²) in [6.45, 7) is 4.02. The molecule has 4 heteroatoms. The Kier molecular flexibility index (Phi) is 4.93. The highest BCUT2D eigenvalue weighted by molar-refractivity contribution is 5.24. The minimum absolute atomic E-state index is 0.721. The van der Waals surface area contributed by atoms with Crippen molar-refractivity contribution >= 4 is 5.95 Å². The van der Waals surface area contributed by atoms with E-state index in [-0.39, 0.29) is 0 Å². The molecule has 1 rings (SSSR count). The fourth-order valence-electron chi connectivity index (χ4n) is 1.09. The molecule has 1 aromatic heterocycles. The normalized spacial score (nSPS) is 10.1. The second kappa shape index (κ2) is 6.32. The Morgan fingerprint density at radius 2 is 1.93 bits per heavy atom. The van der Waals surface area contributed by atoms with E-state index >= 15 is 0 Å². The van der Waals surface area contributed by atoms with Crippen LogP contribution in [-0.2, 0) is 6.42 Å². The average Bonchev–Trinajstić information content (AvgIpc) is 2.25. The molecular weight excluding hydrogens is 176 g/mol. The van der Waals surface area contributed by atoms with Crippen LogP contribution in [0.15, 0.2) is 12.4 Å². The van der Waals surface area contributed by atoms with Crippen LogP contribution in [0.4, 0.5) is 5.95 Å². The van der Waals surface area contributed by atoms with Crippen LogP contribution < -0.4 is 10.6 Å². The first-order valence-electron chi connectivity index (χ1n) is 5.06. The molecule has 0 radical (unpaired) electrons. The Bertz CT molecular complexity index is 245. The van der Waals surface area contributed by atoms with Crippen LogP contribution in [0.2, 0.25) is 0 Å². The van der Waals surface area contributed by atoms with E-state index in [0.717, 1.165) is 31.9 Å². The zero-order valence-electron chi connectivity index (χ0n) is 8.88. The molecule has 78 valence electrons. The Balaban J connectivity index is 2.29. The molecule has 0 aromatic carbocycles. The molecule has 2 N–H and O–H groups in total. The number of hydrogen-bond donors (Lipinski definition) is 2. The van der Waals surface area contributed by atoms with Gasteiger partial charge >= 0.3 is 0 Å². The summed E-state index contributed by atoms with van der Waals surface area (Å²) >= 11 is 0.